The van der Waals surface area contributed by atoms with Crippen molar-refractivity contribution in [3.05, 3.63) is 40.0 Å². The van der Waals surface area contributed by atoms with Crippen LogP contribution in [0.3, 0.4) is 0 Å². The van der Waals surface area contributed by atoms with E-state index in [1.54, 1.807) is 11.3 Å². The highest BCUT2D eigenvalue weighted by atomic mass is 32.1. The minimum Gasteiger partial charge on any atom is -0.354 e. The lowest BCUT2D eigenvalue weighted by Crippen LogP contribution is -2.18. The Bertz CT molecular complexity index is 521. The summed E-state index contributed by atoms with van der Waals surface area (Å²) in [5.74, 6) is 0.942. The molecule has 2 aromatic heterocycles. The molecule has 18 heavy (non-hydrogen) atoms. The molecule has 0 saturated carbocycles. The molecule has 0 saturated heterocycles. The first kappa shape index (κ1) is 13.0. The molecule has 2 rings (SSSR count). The SMILES string of the molecule is Cc1ncsc1CN(C)c1cc(C(C)N)ccn1. The normalized spacial score (nSPS) is 12.4. The predicted octanol–water partition coefficient (Wildman–Crippen LogP) is 2.50. The summed E-state index contributed by atoms with van der Waals surface area (Å²) >= 11 is 1.68. The highest BCUT2D eigenvalue weighted by molar-refractivity contribution is 7.09. The van der Waals surface area contributed by atoms with Gasteiger partial charge in [0.25, 0.3) is 0 Å². The zero-order chi connectivity index (χ0) is 13.1. The second-order valence-electron chi connectivity index (χ2n) is 4.45. The molecule has 2 heterocycles. The van der Waals surface area contributed by atoms with Gasteiger partial charge in [0, 0.05) is 24.2 Å². The van der Waals surface area contributed by atoms with E-state index >= 15 is 0 Å². The number of rotatable bonds is 4. The average molecular weight is 262 g/mol. The third-order valence-corrected chi connectivity index (χ3v) is 3.83. The van der Waals surface area contributed by atoms with Gasteiger partial charge < -0.3 is 10.6 Å². The maximum Gasteiger partial charge on any atom is 0.128 e. The highest BCUT2D eigenvalue weighted by Crippen LogP contribution is 2.20. The summed E-state index contributed by atoms with van der Waals surface area (Å²) < 4.78 is 0. The fourth-order valence-electron chi connectivity index (χ4n) is 1.70. The summed E-state index contributed by atoms with van der Waals surface area (Å²) in [5.41, 5.74) is 9.97. The average Bonchev–Trinajstić information content (AvgIpc) is 2.75. The third kappa shape index (κ3) is 2.86. The standard InChI is InChI=1S/C13H18N4S/c1-9(14)11-4-5-15-13(6-11)17(3)7-12-10(2)16-8-18-12/h4-6,8-9H,7,14H2,1-3H3. The van der Waals surface area contributed by atoms with Crippen LogP contribution in [-0.2, 0) is 6.54 Å². The number of anilines is 1. The van der Waals surface area contributed by atoms with E-state index in [1.807, 2.05) is 44.7 Å². The van der Waals surface area contributed by atoms with Crippen molar-refractivity contribution in [3.8, 4) is 0 Å². The topological polar surface area (TPSA) is 55.0 Å². The van der Waals surface area contributed by atoms with Gasteiger partial charge in [0.15, 0.2) is 0 Å². The summed E-state index contributed by atoms with van der Waals surface area (Å²) in [7, 11) is 2.03. The van der Waals surface area contributed by atoms with Crippen LogP contribution in [0.15, 0.2) is 23.8 Å². The molecular weight excluding hydrogens is 244 g/mol. The van der Waals surface area contributed by atoms with Gasteiger partial charge in [-0.25, -0.2) is 9.97 Å². The van der Waals surface area contributed by atoms with E-state index in [4.69, 9.17) is 5.73 Å². The Hall–Kier alpha value is -1.46. The summed E-state index contributed by atoms with van der Waals surface area (Å²) in [6, 6.07) is 4.03. The van der Waals surface area contributed by atoms with E-state index in [2.05, 4.69) is 14.9 Å². The summed E-state index contributed by atoms with van der Waals surface area (Å²) in [6.45, 7) is 4.84. The molecule has 0 bridgehead atoms. The lowest BCUT2D eigenvalue weighted by Gasteiger charge is -2.18. The lowest BCUT2D eigenvalue weighted by atomic mass is 10.1. The highest BCUT2D eigenvalue weighted by Gasteiger charge is 2.09. The molecule has 0 aromatic carbocycles. The number of aromatic nitrogens is 2. The molecule has 1 unspecified atom stereocenters. The summed E-state index contributed by atoms with van der Waals surface area (Å²) in [5, 5.41) is 0. The van der Waals surface area contributed by atoms with Crippen molar-refractivity contribution in [1.29, 1.82) is 0 Å². The molecule has 0 amide bonds. The van der Waals surface area contributed by atoms with Crippen LogP contribution in [0.25, 0.3) is 0 Å². The predicted molar refractivity (Wildman–Crippen MR) is 75.8 cm³/mol. The number of thiazole rings is 1. The van der Waals surface area contributed by atoms with Crippen molar-refractivity contribution in [1.82, 2.24) is 9.97 Å². The van der Waals surface area contributed by atoms with Crippen molar-refractivity contribution in [2.45, 2.75) is 26.4 Å². The van der Waals surface area contributed by atoms with E-state index in [-0.39, 0.29) is 6.04 Å². The van der Waals surface area contributed by atoms with E-state index in [0.29, 0.717) is 0 Å². The minimum absolute atomic E-state index is 0.0327. The molecule has 0 aliphatic rings. The van der Waals surface area contributed by atoms with Crippen LogP contribution in [0.5, 0.6) is 0 Å². The van der Waals surface area contributed by atoms with E-state index in [0.717, 1.165) is 23.6 Å². The number of hydrogen-bond acceptors (Lipinski definition) is 5. The number of nitrogens with two attached hydrogens (primary N) is 1. The van der Waals surface area contributed by atoms with Gasteiger partial charge in [0.2, 0.25) is 0 Å². The molecule has 5 heteroatoms. The maximum atomic E-state index is 5.89. The molecule has 0 radical (unpaired) electrons. The van der Waals surface area contributed by atoms with Gasteiger partial charge in [-0.15, -0.1) is 11.3 Å². The second-order valence-corrected chi connectivity index (χ2v) is 5.39. The summed E-state index contributed by atoms with van der Waals surface area (Å²) in [4.78, 5) is 12.0. The molecule has 4 nitrogen and oxygen atoms in total. The first-order valence-corrected chi connectivity index (χ1v) is 6.77. The number of pyridine rings is 1. The molecule has 2 aromatic rings. The first-order valence-electron chi connectivity index (χ1n) is 5.89. The molecule has 96 valence electrons. The number of hydrogen-bond donors (Lipinski definition) is 1. The van der Waals surface area contributed by atoms with Crippen LogP contribution in [-0.4, -0.2) is 17.0 Å². The Morgan fingerprint density at radius 2 is 2.22 bits per heavy atom. The van der Waals surface area contributed by atoms with Gasteiger partial charge in [-0.3, -0.25) is 0 Å². The summed E-state index contributed by atoms with van der Waals surface area (Å²) in [6.07, 6.45) is 1.81. The van der Waals surface area contributed by atoms with Gasteiger partial charge in [-0.2, -0.15) is 0 Å². The molecule has 1 atom stereocenters. The van der Waals surface area contributed by atoms with Gasteiger partial charge >= 0.3 is 0 Å². The van der Waals surface area contributed by atoms with Gasteiger partial charge in [-0.05, 0) is 31.5 Å². The Kier molecular flexibility index (Phi) is 3.93. The van der Waals surface area contributed by atoms with E-state index in [9.17, 15) is 0 Å². The minimum atomic E-state index is 0.0327. The Labute approximate surface area is 111 Å². The van der Waals surface area contributed by atoms with Crippen LogP contribution in [0.4, 0.5) is 5.82 Å². The van der Waals surface area contributed by atoms with Crippen molar-refractivity contribution in [2.75, 3.05) is 11.9 Å². The monoisotopic (exact) mass is 262 g/mol. The van der Waals surface area contributed by atoms with Gasteiger partial charge in [0.1, 0.15) is 5.82 Å². The van der Waals surface area contributed by atoms with Crippen LogP contribution in [0.1, 0.15) is 29.1 Å². The smallest absolute Gasteiger partial charge is 0.128 e. The fraction of sp³-hybridized carbons (Fsp3) is 0.385. The molecular formula is C13H18N4S. The zero-order valence-corrected chi connectivity index (χ0v) is 11.7. The van der Waals surface area contributed by atoms with Gasteiger partial charge in [-0.1, -0.05) is 0 Å². The van der Waals surface area contributed by atoms with Crippen molar-refractivity contribution >= 4 is 17.2 Å². The molecule has 0 spiro atoms. The van der Waals surface area contributed by atoms with Crippen LogP contribution >= 0.6 is 11.3 Å². The molecule has 0 aliphatic heterocycles. The van der Waals surface area contributed by atoms with Crippen LogP contribution in [0, 0.1) is 6.92 Å². The fourth-order valence-corrected chi connectivity index (χ4v) is 2.53. The molecule has 0 fully saturated rings. The van der Waals surface area contributed by atoms with Crippen molar-refractivity contribution < 1.29 is 0 Å². The molecule has 2 N–H and O–H groups in total. The van der Waals surface area contributed by atoms with E-state index < -0.39 is 0 Å². The largest absolute Gasteiger partial charge is 0.354 e. The Balaban J connectivity index is 2.16. The number of nitrogens with zero attached hydrogens (tertiary/aromatic N) is 3. The van der Waals surface area contributed by atoms with Crippen LogP contribution < -0.4 is 10.6 Å². The zero-order valence-electron chi connectivity index (χ0n) is 10.9. The Morgan fingerprint density at radius 3 is 2.83 bits per heavy atom. The first-order chi connectivity index (χ1) is 8.58. The quantitative estimate of drug-likeness (QED) is 0.920. The van der Waals surface area contributed by atoms with Crippen molar-refractivity contribution in [2.24, 2.45) is 5.73 Å². The maximum absolute atomic E-state index is 5.89. The molecule has 0 aliphatic carbocycles. The van der Waals surface area contributed by atoms with Crippen molar-refractivity contribution in [3.63, 3.8) is 0 Å². The number of aryl methyl sites for hydroxylation is 1. The Morgan fingerprint density at radius 1 is 1.44 bits per heavy atom. The van der Waals surface area contributed by atoms with Gasteiger partial charge in [0.05, 0.1) is 17.7 Å². The van der Waals surface area contributed by atoms with Crippen LogP contribution in [0.2, 0.25) is 0 Å². The van der Waals surface area contributed by atoms with E-state index in [1.165, 1.54) is 4.88 Å². The third-order valence-electron chi connectivity index (χ3n) is 2.91. The lowest BCUT2D eigenvalue weighted by molar-refractivity contribution is 0.809. The second kappa shape index (κ2) is 5.46.